The van der Waals surface area contributed by atoms with E-state index in [-0.39, 0.29) is 0 Å². The summed E-state index contributed by atoms with van der Waals surface area (Å²) < 4.78 is 1.25. The largest absolute Gasteiger partial charge is 0.337 e. The standard InChI is InChI=1S/C22H25N3OS2/c26-21(15-24-11-4-8-18(24)20-10-5-13-27-20)25-12-3-6-16(14-25)22-23-17-7-1-2-9-19(17)28-22/h1-2,5,7,9-10,13,16,18H,3-4,6,8,11-12,14-15H2/p+1/t16-,18+/m1/s1. The van der Waals surface area contributed by atoms with Crippen molar-refractivity contribution in [1.82, 2.24) is 9.88 Å². The van der Waals surface area contributed by atoms with Crippen molar-refractivity contribution in [1.29, 1.82) is 0 Å². The van der Waals surface area contributed by atoms with E-state index in [1.807, 2.05) is 17.4 Å². The molecule has 3 atom stereocenters. The van der Waals surface area contributed by atoms with Crippen LogP contribution in [0.2, 0.25) is 0 Å². The monoisotopic (exact) mass is 412 g/mol. The highest BCUT2D eigenvalue weighted by Gasteiger charge is 2.35. The molecule has 0 spiro atoms. The molecule has 3 aromatic rings. The summed E-state index contributed by atoms with van der Waals surface area (Å²) in [4.78, 5) is 23.0. The number of thiazole rings is 1. The summed E-state index contributed by atoms with van der Waals surface area (Å²) in [5, 5.41) is 3.35. The number of amides is 1. The number of benzene rings is 1. The molecule has 2 aliphatic heterocycles. The van der Waals surface area contributed by atoms with E-state index in [4.69, 9.17) is 4.98 Å². The van der Waals surface area contributed by atoms with Crippen LogP contribution in [-0.2, 0) is 4.79 Å². The van der Waals surface area contributed by atoms with Crippen LogP contribution in [0.4, 0.5) is 0 Å². The Morgan fingerprint density at radius 1 is 1.18 bits per heavy atom. The Kier molecular flexibility index (Phi) is 5.18. The van der Waals surface area contributed by atoms with Crippen molar-refractivity contribution < 1.29 is 9.69 Å². The zero-order valence-electron chi connectivity index (χ0n) is 16.0. The molecule has 5 rings (SSSR count). The summed E-state index contributed by atoms with van der Waals surface area (Å²) in [5.74, 6) is 0.709. The number of aromatic nitrogens is 1. The number of para-hydroxylation sites is 1. The number of nitrogens with zero attached hydrogens (tertiary/aromatic N) is 2. The SMILES string of the molecule is O=C(C[NH+]1CCC[C@H]1c1cccs1)N1CCC[C@@H](c2nc3ccccc3s2)C1. The molecule has 1 amide bonds. The highest BCUT2D eigenvalue weighted by atomic mass is 32.1. The molecule has 146 valence electrons. The lowest BCUT2D eigenvalue weighted by atomic mass is 9.98. The Morgan fingerprint density at radius 2 is 2.11 bits per heavy atom. The van der Waals surface area contributed by atoms with E-state index in [1.54, 1.807) is 11.3 Å². The Balaban J connectivity index is 1.26. The van der Waals surface area contributed by atoms with Crippen LogP contribution in [0.1, 0.15) is 47.5 Å². The molecule has 4 heterocycles. The molecule has 0 bridgehead atoms. The van der Waals surface area contributed by atoms with Gasteiger partial charge in [0, 0.05) is 31.8 Å². The Hall–Kier alpha value is -1.76. The minimum Gasteiger partial charge on any atom is -0.337 e. The summed E-state index contributed by atoms with van der Waals surface area (Å²) in [6.45, 7) is 3.48. The van der Waals surface area contributed by atoms with Crippen molar-refractivity contribution in [3.63, 3.8) is 0 Å². The molecule has 28 heavy (non-hydrogen) atoms. The first-order valence-electron chi connectivity index (χ1n) is 10.3. The highest BCUT2D eigenvalue weighted by molar-refractivity contribution is 7.18. The quantitative estimate of drug-likeness (QED) is 0.712. The van der Waals surface area contributed by atoms with Gasteiger partial charge in [0.25, 0.3) is 5.91 Å². The van der Waals surface area contributed by atoms with Crippen molar-refractivity contribution in [3.05, 3.63) is 51.7 Å². The molecule has 2 fully saturated rings. The number of likely N-dealkylation sites (tertiary alicyclic amines) is 2. The van der Waals surface area contributed by atoms with E-state index < -0.39 is 0 Å². The van der Waals surface area contributed by atoms with Gasteiger partial charge in [-0.05, 0) is 36.4 Å². The number of piperidine rings is 1. The van der Waals surface area contributed by atoms with Crippen molar-refractivity contribution in [2.45, 2.75) is 37.6 Å². The summed E-state index contributed by atoms with van der Waals surface area (Å²) in [6.07, 6.45) is 4.64. The first-order chi connectivity index (χ1) is 13.8. The van der Waals surface area contributed by atoms with Crippen LogP contribution in [0.15, 0.2) is 41.8 Å². The number of hydrogen-bond donors (Lipinski definition) is 1. The third kappa shape index (κ3) is 3.61. The molecule has 0 aliphatic carbocycles. The maximum Gasteiger partial charge on any atom is 0.277 e. The van der Waals surface area contributed by atoms with Gasteiger partial charge >= 0.3 is 0 Å². The second-order valence-corrected chi connectivity index (χ2v) is 10.0. The predicted octanol–water partition coefficient (Wildman–Crippen LogP) is 3.48. The first kappa shape index (κ1) is 18.3. The molecule has 6 heteroatoms. The molecular formula is C22H26N3OS2+. The average Bonchev–Trinajstić information content (AvgIpc) is 3.47. The highest BCUT2D eigenvalue weighted by Crippen LogP contribution is 2.33. The molecule has 1 unspecified atom stereocenters. The second kappa shape index (κ2) is 7.93. The lowest BCUT2D eigenvalue weighted by Gasteiger charge is -2.32. The number of carbonyl (C=O) groups excluding carboxylic acids is 1. The van der Waals surface area contributed by atoms with E-state index in [9.17, 15) is 4.79 Å². The van der Waals surface area contributed by atoms with E-state index in [2.05, 4.69) is 40.6 Å². The van der Waals surface area contributed by atoms with Crippen LogP contribution < -0.4 is 4.90 Å². The molecule has 4 nitrogen and oxygen atoms in total. The van der Waals surface area contributed by atoms with Gasteiger partial charge < -0.3 is 9.80 Å². The molecule has 0 saturated carbocycles. The fourth-order valence-electron chi connectivity index (χ4n) is 4.73. The van der Waals surface area contributed by atoms with Gasteiger partial charge in [-0.2, -0.15) is 0 Å². The van der Waals surface area contributed by atoms with Gasteiger partial charge in [-0.25, -0.2) is 4.98 Å². The van der Waals surface area contributed by atoms with E-state index in [0.717, 1.165) is 38.0 Å². The van der Waals surface area contributed by atoms with Gasteiger partial charge in [-0.15, -0.1) is 22.7 Å². The number of hydrogen-bond acceptors (Lipinski definition) is 4. The Labute approximate surface area is 173 Å². The first-order valence-corrected chi connectivity index (χ1v) is 12.0. The van der Waals surface area contributed by atoms with Gasteiger partial charge in [0.1, 0.15) is 6.04 Å². The fraction of sp³-hybridized carbons (Fsp3) is 0.455. The topological polar surface area (TPSA) is 37.6 Å². The van der Waals surface area contributed by atoms with Gasteiger partial charge in [-0.3, -0.25) is 4.79 Å². The number of quaternary nitrogens is 1. The third-order valence-electron chi connectivity index (χ3n) is 6.18. The number of nitrogens with one attached hydrogen (secondary N) is 1. The third-order valence-corrected chi connectivity index (χ3v) is 8.37. The van der Waals surface area contributed by atoms with E-state index >= 15 is 0 Å². The van der Waals surface area contributed by atoms with Gasteiger partial charge in [0.15, 0.2) is 6.54 Å². The lowest BCUT2D eigenvalue weighted by Crippen LogP contribution is -3.11. The van der Waals surface area contributed by atoms with Crippen molar-refractivity contribution in [2.75, 3.05) is 26.2 Å². The van der Waals surface area contributed by atoms with Crippen molar-refractivity contribution >= 4 is 38.8 Å². The average molecular weight is 413 g/mol. The molecule has 2 aromatic heterocycles. The van der Waals surface area contributed by atoms with Gasteiger partial charge in [0.05, 0.1) is 26.6 Å². The van der Waals surface area contributed by atoms with Crippen molar-refractivity contribution in [2.24, 2.45) is 0 Å². The van der Waals surface area contributed by atoms with Crippen LogP contribution in [0.3, 0.4) is 0 Å². The number of thiophene rings is 1. The van der Waals surface area contributed by atoms with Crippen LogP contribution in [0.25, 0.3) is 10.2 Å². The van der Waals surface area contributed by atoms with Crippen molar-refractivity contribution in [3.8, 4) is 0 Å². The molecule has 1 aromatic carbocycles. The predicted molar refractivity (Wildman–Crippen MR) is 115 cm³/mol. The zero-order chi connectivity index (χ0) is 18.9. The maximum atomic E-state index is 13.1. The van der Waals surface area contributed by atoms with Crippen LogP contribution in [0, 0.1) is 0 Å². The van der Waals surface area contributed by atoms with Gasteiger partial charge in [-0.1, -0.05) is 18.2 Å². The smallest absolute Gasteiger partial charge is 0.277 e. The number of carbonyl (C=O) groups is 1. The molecule has 0 radical (unpaired) electrons. The summed E-state index contributed by atoms with van der Waals surface area (Å²) in [6, 6.07) is 13.2. The molecule has 2 saturated heterocycles. The second-order valence-electron chi connectivity index (χ2n) is 7.99. The lowest BCUT2D eigenvalue weighted by molar-refractivity contribution is -0.910. The molecule has 1 N–H and O–H groups in total. The minimum absolute atomic E-state index is 0.323. The maximum absolute atomic E-state index is 13.1. The molecule has 2 aliphatic rings. The zero-order valence-corrected chi connectivity index (χ0v) is 17.6. The Morgan fingerprint density at radius 3 is 2.96 bits per heavy atom. The van der Waals surface area contributed by atoms with Crippen LogP contribution >= 0.6 is 22.7 Å². The summed E-state index contributed by atoms with van der Waals surface area (Å²) >= 11 is 3.63. The summed E-state index contributed by atoms with van der Waals surface area (Å²) in [5.41, 5.74) is 1.09. The number of rotatable bonds is 4. The van der Waals surface area contributed by atoms with E-state index in [0.29, 0.717) is 24.4 Å². The number of fused-ring (bicyclic) bond motifs is 1. The summed E-state index contributed by atoms with van der Waals surface area (Å²) in [7, 11) is 0. The van der Waals surface area contributed by atoms with E-state index in [1.165, 1.54) is 32.3 Å². The normalized spacial score (nSPS) is 25.4. The molecular weight excluding hydrogens is 386 g/mol. The van der Waals surface area contributed by atoms with Crippen LogP contribution in [-0.4, -0.2) is 42.0 Å². The fourth-order valence-corrected chi connectivity index (χ4v) is 6.75. The minimum atomic E-state index is 0.323. The van der Waals surface area contributed by atoms with Crippen LogP contribution in [0.5, 0.6) is 0 Å². The van der Waals surface area contributed by atoms with Gasteiger partial charge in [0.2, 0.25) is 0 Å². The Bertz CT molecular complexity index is 919.